The minimum atomic E-state index is -1.14. The molecule has 0 aliphatic carbocycles. The van der Waals surface area contributed by atoms with Crippen LogP contribution in [-0.2, 0) is 4.74 Å². The van der Waals surface area contributed by atoms with Crippen molar-refractivity contribution in [2.45, 2.75) is 20.8 Å². The minimum Gasteiger partial charge on any atom is -0.490 e. The van der Waals surface area contributed by atoms with Gasteiger partial charge < -0.3 is 24.1 Å². The summed E-state index contributed by atoms with van der Waals surface area (Å²) in [5.74, 6) is -0.926. The van der Waals surface area contributed by atoms with Crippen LogP contribution in [0.5, 0.6) is 17.2 Å². The van der Waals surface area contributed by atoms with Crippen LogP contribution in [0.1, 0.15) is 31.1 Å². The summed E-state index contributed by atoms with van der Waals surface area (Å²) in [5.41, 5.74) is -0.0295. The Bertz CT molecular complexity index is 483. The van der Waals surface area contributed by atoms with Gasteiger partial charge >= 0.3 is 12.1 Å². The minimum absolute atomic E-state index is 0.00199. The quantitative estimate of drug-likeness (QED) is 0.611. The summed E-state index contributed by atoms with van der Waals surface area (Å²) in [6.07, 6.45) is -0.914. The molecule has 0 spiro atoms. The summed E-state index contributed by atoms with van der Waals surface area (Å²) < 4.78 is 20.4. The highest BCUT2D eigenvalue weighted by Gasteiger charge is 2.21. The Labute approximate surface area is 122 Å². The first-order valence-corrected chi connectivity index (χ1v) is 6.54. The predicted molar refractivity (Wildman–Crippen MR) is 73.4 cm³/mol. The van der Waals surface area contributed by atoms with Crippen LogP contribution in [0.25, 0.3) is 0 Å². The van der Waals surface area contributed by atoms with E-state index in [0.29, 0.717) is 0 Å². The zero-order valence-electron chi connectivity index (χ0n) is 12.2. The normalized spacial score (nSPS) is 9.86. The number of rotatable bonds is 7. The van der Waals surface area contributed by atoms with Crippen molar-refractivity contribution < 1.29 is 33.6 Å². The second-order valence-electron chi connectivity index (χ2n) is 3.76. The predicted octanol–water partition coefficient (Wildman–Crippen LogP) is 2.72. The molecule has 1 aromatic rings. The van der Waals surface area contributed by atoms with E-state index in [4.69, 9.17) is 24.1 Å². The second kappa shape index (κ2) is 7.98. The molecule has 7 nitrogen and oxygen atoms in total. The van der Waals surface area contributed by atoms with Gasteiger partial charge in [0.05, 0.1) is 25.4 Å². The van der Waals surface area contributed by atoms with Crippen LogP contribution in [0.15, 0.2) is 12.1 Å². The molecule has 0 fully saturated rings. The third-order valence-corrected chi connectivity index (χ3v) is 2.31. The van der Waals surface area contributed by atoms with Crippen LogP contribution in [0.2, 0.25) is 0 Å². The zero-order chi connectivity index (χ0) is 15.8. The van der Waals surface area contributed by atoms with Crippen molar-refractivity contribution >= 4 is 12.1 Å². The van der Waals surface area contributed by atoms with Crippen molar-refractivity contribution in [2.75, 3.05) is 19.8 Å². The molecule has 21 heavy (non-hydrogen) atoms. The van der Waals surface area contributed by atoms with Crippen LogP contribution < -0.4 is 14.2 Å². The maximum atomic E-state index is 11.5. The Balaban J connectivity index is 3.27. The van der Waals surface area contributed by atoms with Crippen LogP contribution >= 0.6 is 0 Å². The van der Waals surface area contributed by atoms with Crippen molar-refractivity contribution in [3.05, 3.63) is 17.7 Å². The van der Waals surface area contributed by atoms with E-state index in [1.54, 1.807) is 20.8 Å². The van der Waals surface area contributed by atoms with E-state index in [1.165, 1.54) is 12.1 Å². The number of benzene rings is 1. The number of hydrogen-bond donors (Lipinski definition) is 1. The van der Waals surface area contributed by atoms with Gasteiger partial charge in [-0.25, -0.2) is 9.59 Å². The lowest BCUT2D eigenvalue weighted by Gasteiger charge is -2.15. The van der Waals surface area contributed by atoms with Crippen LogP contribution in [0.4, 0.5) is 4.79 Å². The Morgan fingerprint density at radius 1 is 1.00 bits per heavy atom. The third-order valence-electron chi connectivity index (χ3n) is 2.31. The molecule has 116 valence electrons. The summed E-state index contributed by atoms with van der Waals surface area (Å²) in [5, 5.41) is 9.08. The Morgan fingerprint density at radius 3 is 1.90 bits per heavy atom. The summed E-state index contributed by atoms with van der Waals surface area (Å²) in [6, 6.07) is 2.53. The fourth-order valence-corrected chi connectivity index (χ4v) is 1.56. The van der Waals surface area contributed by atoms with Crippen LogP contribution in [-0.4, -0.2) is 37.1 Å². The maximum absolute atomic E-state index is 11.5. The SMILES string of the molecule is CCOC(=O)Oc1c(OCC)cc(C(=O)O)cc1OCC. The fraction of sp³-hybridized carbons (Fsp3) is 0.429. The van der Waals surface area contributed by atoms with Gasteiger partial charge in [-0.15, -0.1) is 0 Å². The van der Waals surface area contributed by atoms with Crippen molar-refractivity contribution in [1.82, 2.24) is 0 Å². The molecule has 0 aliphatic rings. The highest BCUT2D eigenvalue weighted by molar-refractivity contribution is 5.89. The van der Waals surface area contributed by atoms with Gasteiger partial charge in [0.1, 0.15) is 0 Å². The molecule has 0 amide bonds. The molecule has 0 aromatic heterocycles. The van der Waals surface area contributed by atoms with Gasteiger partial charge in [-0.05, 0) is 32.9 Å². The van der Waals surface area contributed by atoms with Gasteiger partial charge in [-0.1, -0.05) is 0 Å². The van der Waals surface area contributed by atoms with Crippen molar-refractivity contribution in [3.8, 4) is 17.2 Å². The number of carboxylic acids is 1. The van der Waals surface area contributed by atoms with Crippen LogP contribution in [0, 0.1) is 0 Å². The van der Waals surface area contributed by atoms with E-state index in [9.17, 15) is 9.59 Å². The lowest BCUT2D eigenvalue weighted by molar-refractivity contribution is 0.0695. The molecule has 0 heterocycles. The molecule has 0 aliphatic heterocycles. The first-order valence-electron chi connectivity index (χ1n) is 6.54. The number of carbonyl (C=O) groups is 2. The standard InChI is InChI=1S/C14H18O7/c1-4-18-10-7-9(13(15)16)8-11(19-5-2)12(10)21-14(17)20-6-3/h7-8H,4-6H2,1-3H3,(H,15,16). The van der Waals surface area contributed by atoms with Crippen molar-refractivity contribution in [2.24, 2.45) is 0 Å². The van der Waals surface area contributed by atoms with E-state index in [2.05, 4.69) is 0 Å². The number of hydrogen-bond acceptors (Lipinski definition) is 6. The molecule has 0 saturated carbocycles. The molecule has 0 radical (unpaired) electrons. The molecule has 7 heteroatoms. The Hall–Kier alpha value is -2.44. The lowest BCUT2D eigenvalue weighted by atomic mass is 10.2. The van der Waals surface area contributed by atoms with Crippen LogP contribution in [0.3, 0.4) is 0 Å². The second-order valence-corrected chi connectivity index (χ2v) is 3.76. The van der Waals surface area contributed by atoms with E-state index >= 15 is 0 Å². The molecule has 0 atom stereocenters. The molecule has 0 bridgehead atoms. The monoisotopic (exact) mass is 298 g/mol. The van der Waals surface area contributed by atoms with Gasteiger partial charge in [0.15, 0.2) is 11.5 Å². The first-order chi connectivity index (χ1) is 10.0. The van der Waals surface area contributed by atoms with E-state index < -0.39 is 12.1 Å². The summed E-state index contributed by atoms with van der Waals surface area (Å²) in [4.78, 5) is 22.6. The average Bonchev–Trinajstić information content (AvgIpc) is 2.42. The molecule has 0 unspecified atom stereocenters. The largest absolute Gasteiger partial charge is 0.514 e. The smallest absolute Gasteiger partial charge is 0.490 e. The van der Waals surface area contributed by atoms with Gasteiger partial charge in [0, 0.05) is 0 Å². The maximum Gasteiger partial charge on any atom is 0.514 e. The molecule has 1 aromatic carbocycles. The summed E-state index contributed by atoms with van der Waals surface area (Å²) in [6.45, 7) is 5.78. The van der Waals surface area contributed by atoms with Gasteiger partial charge in [0.2, 0.25) is 5.75 Å². The highest BCUT2D eigenvalue weighted by atomic mass is 16.7. The average molecular weight is 298 g/mol. The van der Waals surface area contributed by atoms with Gasteiger partial charge in [-0.2, -0.15) is 0 Å². The third kappa shape index (κ3) is 4.55. The van der Waals surface area contributed by atoms with E-state index in [1.807, 2.05) is 0 Å². The first kappa shape index (κ1) is 16.6. The molecule has 0 saturated heterocycles. The fourth-order valence-electron chi connectivity index (χ4n) is 1.56. The van der Waals surface area contributed by atoms with E-state index in [-0.39, 0.29) is 42.6 Å². The van der Waals surface area contributed by atoms with Gasteiger partial charge in [-0.3, -0.25) is 0 Å². The van der Waals surface area contributed by atoms with Crippen molar-refractivity contribution in [1.29, 1.82) is 0 Å². The molecule has 1 rings (SSSR count). The Morgan fingerprint density at radius 2 is 1.52 bits per heavy atom. The van der Waals surface area contributed by atoms with E-state index in [0.717, 1.165) is 0 Å². The number of carboxylic acid groups (broad SMARTS) is 1. The topological polar surface area (TPSA) is 91.3 Å². The molecular weight excluding hydrogens is 280 g/mol. The van der Waals surface area contributed by atoms with Gasteiger partial charge in [0.25, 0.3) is 0 Å². The molecular formula is C14H18O7. The number of aromatic carboxylic acids is 1. The zero-order valence-corrected chi connectivity index (χ0v) is 12.2. The highest BCUT2D eigenvalue weighted by Crippen LogP contribution is 2.39. The summed E-state index contributed by atoms with van der Waals surface area (Å²) in [7, 11) is 0. The summed E-state index contributed by atoms with van der Waals surface area (Å²) >= 11 is 0. The number of ether oxygens (including phenoxy) is 4. The van der Waals surface area contributed by atoms with Crippen molar-refractivity contribution in [3.63, 3.8) is 0 Å². The molecule has 1 N–H and O–H groups in total. The number of carbonyl (C=O) groups excluding carboxylic acids is 1. The Kier molecular flexibility index (Phi) is 6.32. The lowest BCUT2D eigenvalue weighted by Crippen LogP contribution is -2.13.